The Morgan fingerprint density at radius 2 is 2.00 bits per heavy atom. The zero-order valence-electron chi connectivity index (χ0n) is 18.2. The van der Waals surface area contributed by atoms with E-state index in [0.29, 0.717) is 29.3 Å². The van der Waals surface area contributed by atoms with Crippen LogP contribution in [0.3, 0.4) is 0 Å². The molecule has 5 rings (SSSR count). The van der Waals surface area contributed by atoms with Crippen LogP contribution in [0.2, 0.25) is 0 Å². The van der Waals surface area contributed by atoms with Crippen molar-refractivity contribution < 1.29 is 14.3 Å². The molecule has 4 bridgehead atoms. The van der Waals surface area contributed by atoms with E-state index in [4.69, 9.17) is 20.2 Å². The van der Waals surface area contributed by atoms with Crippen molar-refractivity contribution in [1.82, 2.24) is 5.32 Å². The quantitative estimate of drug-likeness (QED) is 0.274. The molecule has 4 aliphatic carbocycles. The summed E-state index contributed by atoms with van der Waals surface area (Å²) in [6.45, 7) is 3.79. The molecule has 0 aliphatic heterocycles. The van der Waals surface area contributed by atoms with Crippen molar-refractivity contribution in [2.75, 3.05) is 7.11 Å². The number of hydrogen-bond donors (Lipinski definition) is 2. The minimum Gasteiger partial charge on any atom is -0.497 e. The monoisotopic (exact) mass is 488 g/mol. The summed E-state index contributed by atoms with van der Waals surface area (Å²) in [5.74, 6) is 2.90. The standard InChI is InChI=1S/C23H29BrN4O3/c1-22(2,31-18-5-4-16(30-3)8-17(18)24)21(27-12-25)28-19-14-6-13-7-15(19)11-23(9-13,10-14)20(26)29/h4-5,8,13-15,19H,6-7,9-11H2,1-3H3,(H2,26,29)(H,27,28). The highest BCUT2D eigenvalue weighted by Crippen LogP contribution is 2.60. The number of ether oxygens (including phenoxy) is 2. The van der Waals surface area contributed by atoms with Gasteiger partial charge < -0.3 is 15.2 Å². The third-order valence-electron chi connectivity index (χ3n) is 7.27. The molecule has 0 radical (unpaired) electrons. The van der Waals surface area contributed by atoms with Crippen LogP contribution >= 0.6 is 15.9 Å². The molecule has 3 N–H and O–H groups in total. The maximum absolute atomic E-state index is 12.2. The SMILES string of the molecule is COc1ccc(OC(C)(C)C(=NC2C3CC4CC2CC(C(N)=O)(C4)C3)NC#N)c(Br)c1. The summed E-state index contributed by atoms with van der Waals surface area (Å²) in [7, 11) is 1.61. The van der Waals surface area contributed by atoms with Crippen molar-refractivity contribution in [2.24, 2.45) is 33.9 Å². The van der Waals surface area contributed by atoms with Crippen LogP contribution in [0.5, 0.6) is 11.5 Å². The van der Waals surface area contributed by atoms with Crippen LogP contribution in [-0.4, -0.2) is 30.5 Å². The van der Waals surface area contributed by atoms with Crippen LogP contribution in [0.1, 0.15) is 46.0 Å². The summed E-state index contributed by atoms with van der Waals surface area (Å²) < 4.78 is 12.3. The molecule has 166 valence electrons. The van der Waals surface area contributed by atoms with Gasteiger partial charge in [-0.05, 0) is 97.8 Å². The topological polar surface area (TPSA) is 110 Å². The first-order valence-corrected chi connectivity index (χ1v) is 11.5. The minimum absolute atomic E-state index is 0.0714. The Bertz CT molecular complexity index is 939. The third-order valence-corrected chi connectivity index (χ3v) is 7.89. The van der Waals surface area contributed by atoms with Gasteiger partial charge in [0.15, 0.2) is 17.6 Å². The van der Waals surface area contributed by atoms with Gasteiger partial charge >= 0.3 is 0 Å². The molecule has 2 atom stereocenters. The van der Waals surface area contributed by atoms with Crippen LogP contribution in [0.25, 0.3) is 0 Å². The Balaban J connectivity index is 1.60. The number of amides is 1. The molecule has 0 aromatic heterocycles. The molecule has 31 heavy (non-hydrogen) atoms. The number of amidine groups is 1. The van der Waals surface area contributed by atoms with Gasteiger partial charge in [-0.2, -0.15) is 5.26 Å². The number of aliphatic imine (C=N–C) groups is 1. The molecule has 0 spiro atoms. The van der Waals surface area contributed by atoms with Crippen molar-refractivity contribution in [2.45, 2.75) is 57.6 Å². The van der Waals surface area contributed by atoms with Gasteiger partial charge in [0.05, 0.1) is 17.6 Å². The summed E-state index contributed by atoms with van der Waals surface area (Å²) in [6.07, 6.45) is 6.70. The number of nitrogens with zero attached hydrogens (tertiary/aromatic N) is 2. The van der Waals surface area contributed by atoms with Crippen molar-refractivity contribution in [1.29, 1.82) is 5.26 Å². The first kappa shape index (κ1) is 21.9. The predicted molar refractivity (Wildman–Crippen MR) is 121 cm³/mol. The second-order valence-corrected chi connectivity index (χ2v) is 10.6. The number of benzene rings is 1. The third kappa shape index (κ3) is 4.00. The molecular formula is C23H29BrN4O3. The molecule has 4 aliphatic rings. The second-order valence-electron chi connectivity index (χ2n) is 9.73. The van der Waals surface area contributed by atoms with Gasteiger partial charge in [0.1, 0.15) is 11.5 Å². The number of rotatable bonds is 6. The highest BCUT2D eigenvalue weighted by Gasteiger charge is 2.58. The zero-order valence-corrected chi connectivity index (χ0v) is 19.7. The number of carbonyl (C=O) groups excluding carboxylic acids is 1. The molecule has 8 heteroatoms. The lowest BCUT2D eigenvalue weighted by Crippen LogP contribution is -2.58. The van der Waals surface area contributed by atoms with Gasteiger partial charge in [-0.15, -0.1) is 0 Å². The fourth-order valence-electron chi connectivity index (χ4n) is 6.06. The van der Waals surface area contributed by atoms with E-state index in [1.54, 1.807) is 7.11 Å². The van der Waals surface area contributed by atoms with E-state index in [1.807, 2.05) is 38.2 Å². The molecule has 0 saturated heterocycles. The van der Waals surface area contributed by atoms with Crippen molar-refractivity contribution >= 4 is 27.7 Å². The summed E-state index contributed by atoms with van der Waals surface area (Å²) >= 11 is 3.52. The number of primary amides is 1. The number of halogens is 1. The molecule has 1 aromatic carbocycles. The molecule has 1 amide bonds. The van der Waals surface area contributed by atoms with E-state index in [1.165, 1.54) is 0 Å². The lowest BCUT2D eigenvalue weighted by Gasteiger charge is -2.57. The van der Waals surface area contributed by atoms with E-state index in [-0.39, 0.29) is 17.4 Å². The van der Waals surface area contributed by atoms with E-state index >= 15 is 0 Å². The average molecular weight is 489 g/mol. The number of hydrogen-bond acceptors (Lipinski definition) is 5. The molecule has 4 saturated carbocycles. The van der Waals surface area contributed by atoms with Crippen LogP contribution in [0.15, 0.2) is 27.7 Å². The molecule has 7 nitrogen and oxygen atoms in total. The average Bonchev–Trinajstić information content (AvgIpc) is 2.70. The molecule has 4 fully saturated rings. The Hall–Kier alpha value is -2.27. The van der Waals surface area contributed by atoms with Gasteiger partial charge in [-0.1, -0.05) is 0 Å². The van der Waals surface area contributed by atoms with E-state index < -0.39 is 5.60 Å². The Morgan fingerprint density at radius 3 is 2.55 bits per heavy atom. The number of nitriles is 1. The summed E-state index contributed by atoms with van der Waals surface area (Å²) in [5.41, 5.74) is 4.60. The van der Waals surface area contributed by atoms with Gasteiger partial charge in [-0.25, -0.2) is 0 Å². The fraction of sp³-hybridized carbons (Fsp3) is 0.609. The smallest absolute Gasteiger partial charge is 0.223 e. The number of methoxy groups -OCH3 is 1. The van der Waals surface area contributed by atoms with Crippen molar-refractivity contribution in [3.63, 3.8) is 0 Å². The van der Waals surface area contributed by atoms with Crippen LogP contribution < -0.4 is 20.5 Å². The zero-order chi connectivity index (χ0) is 22.4. The number of carbonyl (C=O) groups is 1. The summed E-state index contributed by atoms with van der Waals surface area (Å²) in [4.78, 5) is 17.3. The fourth-order valence-corrected chi connectivity index (χ4v) is 6.50. The lowest BCUT2D eigenvalue weighted by molar-refractivity contribution is -0.144. The van der Waals surface area contributed by atoms with Gasteiger partial charge in [-0.3, -0.25) is 15.1 Å². The first-order valence-electron chi connectivity index (χ1n) is 10.7. The highest BCUT2D eigenvalue weighted by atomic mass is 79.9. The van der Waals surface area contributed by atoms with Crippen LogP contribution in [0.4, 0.5) is 0 Å². The highest BCUT2D eigenvalue weighted by molar-refractivity contribution is 9.10. The van der Waals surface area contributed by atoms with E-state index in [0.717, 1.165) is 42.3 Å². The summed E-state index contributed by atoms with van der Waals surface area (Å²) in [5, 5.41) is 12.2. The maximum Gasteiger partial charge on any atom is 0.223 e. The molecular weight excluding hydrogens is 460 g/mol. The van der Waals surface area contributed by atoms with E-state index in [9.17, 15) is 10.1 Å². The first-order chi connectivity index (χ1) is 14.7. The van der Waals surface area contributed by atoms with E-state index in [2.05, 4.69) is 21.2 Å². The minimum atomic E-state index is -0.858. The Kier molecular flexibility index (Phi) is 5.67. The van der Waals surface area contributed by atoms with Gasteiger partial charge in [0.25, 0.3) is 0 Å². The molecule has 2 unspecified atom stereocenters. The predicted octanol–water partition coefficient (Wildman–Crippen LogP) is 3.76. The van der Waals surface area contributed by atoms with Crippen molar-refractivity contribution in [3.05, 3.63) is 22.7 Å². The van der Waals surface area contributed by atoms with Crippen LogP contribution in [0, 0.1) is 34.6 Å². The van der Waals surface area contributed by atoms with Crippen molar-refractivity contribution in [3.8, 4) is 17.7 Å². The lowest BCUT2D eigenvalue weighted by atomic mass is 9.48. The largest absolute Gasteiger partial charge is 0.497 e. The van der Waals surface area contributed by atoms with Gasteiger partial charge in [0.2, 0.25) is 5.91 Å². The normalized spacial score (nSPS) is 31.8. The Labute approximate surface area is 191 Å². The second kappa shape index (κ2) is 8.01. The maximum atomic E-state index is 12.2. The van der Waals surface area contributed by atoms with Crippen LogP contribution in [-0.2, 0) is 4.79 Å². The number of nitrogens with one attached hydrogen (secondary N) is 1. The Morgan fingerprint density at radius 1 is 1.32 bits per heavy atom. The molecule has 0 heterocycles. The molecule has 1 aromatic rings. The number of nitrogens with two attached hydrogens (primary N) is 1. The van der Waals surface area contributed by atoms with Gasteiger partial charge in [0, 0.05) is 5.41 Å². The summed E-state index contributed by atoms with van der Waals surface area (Å²) in [6, 6.07) is 5.56.